The van der Waals surface area contributed by atoms with Gasteiger partial charge in [-0.05, 0) is 26.1 Å². The van der Waals surface area contributed by atoms with Crippen LogP contribution >= 0.6 is 0 Å². The summed E-state index contributed by atoms with van der Waals surface area (Å²) in [6.07, 6.45) is 2.16. The number of hydrogen-bond acceptors (Lipinski definition) is 2. The van der Waals surface area contributed by atoms with Crippen LogP contribution in [0.25, 0.3) is 0 Å². The quantitative estimate of drug-likeness (QED) is 0.610. The summed E-state index contributed by atoms with van der Waals surface area (Å²) >= 11 is 0. The van der Waals surface area contributed by atoms with Crippen LogP contribution in [0.1, 0.15) is 19.3 Å². The van der Waals surface area contributed by atoms with Gasteiger partial charge in [0.15, 0.2) is 0 Å². The second kappa shape index (κ2) is 4.54. The number of rotatable bonds is 4. The smallest absolute Gasteiger partial charge is 0.292 e. The van der Waals surface area contributed by atoms with E-state index in [-0.39, 0.29) is 5.97 Å². The van der Waals surface area contributed by atoms with E-state index in [1.807, 2.05) is 19.6 Å². The predicted molar refractivity (Wildman–Crippen MR) is 48.6 cm³/mol. The molecule has 0 aromatic heterocycles. The van der Waals surface area contributed by atoms with Crippen LogP contribution in [0.4, 0.5) is 0 Å². The summed E-state index contributed by atoms with van der Waals surface area (Å²) in [4.78, 5) is 11.0. The summed E-state index contributed by atoms with van der Waals surface area (Å²) in [5, 5.41) is 0. The molecule has 0 amide bonds. The van der Waals surface area contributed by atoms with Crippen molar-refractivity contribution in [3.63, 3.8) is 0 Å². The minimum atomic E-state index is -1.64. The molecular formula is C8H17O2Si. The maximum absolute atomic E-state index is 11.0. The fraction of sp³-hybridized carbons (Fsp3) is 0.750. The maximum Gasteiger partial charge on any atom is 0.292 e. The molecule has 0 N–H and O–H groups in total. The fourth-order valence-corrected chi connectivity index (χ4v) is 1.45. The Balaban J connectivity index is 3.53. The fourth-order valence-electron chi connectivity index (χ4n) is 0.662. The zero-order chi connectivity index (χ0) is 8.91. The third-order valence-electron chi connectivity index (χ3n) is 1.05. The van der Waals surface area contributed by atoms with Crippen LogP contribution in [0.5, 0.6) is 0 Å². The molecule has 0 bridgehead atoms. The number of unbranched alkanes of at least 4 members (excludes halogenated alkanes) is 1. The number of hydrogen-bond donors (Lipinski definition) is 0. The molecule has 65 valence electrons. The lowest BCUT2D eigenvalue weighted by Crippen LogP contribution is -2.28. The van der Waals surface area contributed by atoms with Gasteiger partial charge in [-0.25, -0.2) is 0 Å². The summed E-state index contributed by atoms with van der Waals surface area (Å²) in [7, 11) is -1.64. The second-order valence-electron chi connectivity index (χ2n) is 3.54. The highest BCUT2D eigenvalue weighted by Crippen LogP contribution is 2.06. The largest absolute Gasteiger partial charge is 0.520 e. The van der Waals surface area contributed by atoms with Crippen LogP contribution in [-0.4, -0.2) is 14.3 Å². The van der Waals surface area contributed by atoms with Gasteiger partial charge in [-0.3, -0.25) is 4.79 Å². The molecule has 0 aromatic rings. The highest BCUT2D eigenvalue weighted by molar-refractivity contribution is 6.71. The summed E-state index contributed by atoms with van der Waals surface area (Å²) in [5.41, 5.74) is 0. The van der Waals surface area contributed by atoms with Crippen LogP contribution in [0.2, 0.25) is 19.6 Å². The van der Waals surface area contributed by atoms with Crippen molar-refractivity contribution in [3.8, 4) is 0 Å². The monoisotopic (exact) mass is 173 g/mol. The van der Waals surface area contributed by atoms with Crippen LogP contribution in [0, 0.1) is 6.92 Å². The van der Waals surface area contributed by atoms with Crippen molar-refractivity contribution >= 4 is 14.3 Å². The van der Waals surface area contributed by atoms with Gasteiger partial charge < -0.3 is 4.43 Å². The van der Waals surface area contributed by atoms with Crippen molar-refractivity contribution in [2.75, 3.05) is 0 Å². The molecule has 0 aliphatic heterocycles. The average molecular weight is 173 g/mol. The molecule has 3 heteroatoms. The molecular weight excluding hydrogens is 156 g/mol. The van der Waals surface area contributed by atoms with E-state index in [1.165, 1.54) is 0 Å². The Morgan fingerprint density at radius 3 is 2.36 bits per heavy atom. The van der Waals surface area contributed by atoms with E-state index in [0.29, 0.717) is 6.42 Å². The lowest BCUT2D eigenvalue weighted by molar-refractivity contribution is -0.135. The SMILES string of the molecule is [CH2]CCCC(=O)O[Si](C)(C)C. The van der Waals surface area contributed by atoms with Gasteiger partial charge in [-0.15, -0.1) is 0 Å². The van der Waals surface area contributed by atoms with E-state index in [0.717, 1.165) is 12.8 Å². The number of carbonyl (C=O) groups is 1. The van der Waals surface area contributed by atoms with Crippen molar-refractivity contribution in [1.29, 1.82) is 0 Å². The van der Waals surface area contributed by atoms with Crippen molar-refractivity contribution in [1.82, 2.24) is 0 Å². The first kappa shape index (κ1) is 10.7. The van der Waals surface area contributed by atoms with Crippen molar-refractivity contribution in [2.24, 2.45) is 0 Å². The van der Waals surface area contributed by atoms with Crippen LogP contribution in [0.15, 0.2) is 0 Å². The Labute approximate surface area is 70.1 Å². The standard InChI is InChI=1S/C8H17O2Si/c1-5-6-7-8(9)10-11(2,3)4/h1,5-7H2,2-4H3. The zero-order valence-corrected chi connectivity index (χ0v) is 8.64. The normalized spacial score (nSPS) is 11.3. The molecule has 0 aliphatic carbocycles. The molecule has 1 radical (unpaired) electrons. The molecule has 0 fully saturated rings. The molecule has 0 rings (SSSR count). The molecule has 0 atom stereocenters. The number of carbonyl (C=O) groups excluding carboxylic acids is 1. The van der Waals surface area contributed by atoms with Crippen molar-refractivity contribution in [3.05, 3.63) is 6.92 Å². The van der Waals surface area contributed by atoms with Gasteiger partial charge in [-0.2, -0.15) is 0 Å². The van der Waals surface area contributed by atoms with E-state index >= 15 is 0 Å². The topological polar surface area (TPSA) is 26.3 Å². The van der Waals surface area contributed by atoms with E-state index in [9.17, 15) is 4.79 Å². The Hall–Kier alpha value is -0.313. The van der Waals surface area contributed by atoms with Crippen LogP contribution in [0.3, 0.4) is 0 Å². The molecule has 0 spiro atoms. The highest BCUT2D eigenvalue weighted by Gasteiger charge is 2.18. The lowest BCUT2D eigenvalue weighted by Gasteiger charge is -2.16. The molecule has 0 saturated heterocycles. The van der Waals surface area contributed by atoms with Gasteiger partial charge in [0, 0.05) is 6.42 Å². The first-order valence-electron chi connectivity index (χ1n) is 3.97. The average Bonchev–Trinajstić information content (AvgIpc) is 1.79. The van der Waals surface area contributed by atoms with E-state index < -0.39 is 8.32 Å². The zero-order valence-electron chi connectivity index (χ0n) is 7.64. The lowest BCUT2D eigenvalue weighted by atomic mass is 10.3. The Kier molecular flexibility index (Phi) is 4.41. The predicted octanol–water partition coefficient (Wildman–Crippen LogP) is 2.37. The molecule has 11 heavy (non-hydrogen) atoms. The molecule has 0 heterocycles. The van der Waals surface area contributed by atoms with Gasteiger partial charge in [0.2, 0.25) is 8.32 Å². The molecule has 2 nitrogen and oxygen atoms in total. The van der Waals surface area contributed by atoms with E-state index in [4.69, 9.17) is 4.43 Å². The highest BCUT2D eigenvalue weighted by atomic mass is 28.4. The summed E-state index contributed by atoms with van der Waals surface area (Å²) in [6.45, 7) is 9.68. The van der Waals surface area contributed by atoms with Gasteiger partial charge >= 0.3 is 0 Å². The third kappa shape index (κ3) is 7.59. The minimum Gasteiger partial charge on any atom is -0.520 e. The Morgan fingerprint density at radius 2 is 2.00 bits per heavy atom. The Morgan fingerprint density at radius 1 is 1.45 bits per heavy atom. The maximum atomic E-state index is 11.0. The van der Waals surface area contributed by atoms with E-state index in [2.05, 4.69) is 6.92 Å². The van der Waals surface area contributed by atoms with Gasteiger partial charge in [0.05, 0.1) is 0 Å². The van der Waals surface area contributed by atoms with Crippen molar-refractivity contribution in [2.45, 2.75) is 38.9 Å². The third-order valence-corrected chi connectivity index (χ3v) is 1.89. The molecule has 0 saturated carbocycles. The molecule has 0 unspecified atom stereocenters. The summed E-state index contributed by atoms with van der Waals surface area (Å²) in [5.74, 6) is -0.0622. The van der Waals surface area contributed by atoms with Gasteiger partial charge in [0.1, 0.15) is 0 Å². The van der Waals surface area contributed by atoms with Crippen molar-refractivity contribution < 1.29 is 9.22 Å². The summed E-state index contributed by atoms with van der Waals surface area (Å²) in [6, 6.07) is 0. The van der Waals surface area contributed by atoms with Crippen LogP contribution < -0.4 is 0 Å². The minimum absolute atomic E-state index is 0.0622. The van der Waals surface area contributed by atoms with E-state index in [1.54, 1.807) is 0 Å². The summed E-state index contributed by atoms with van der Waals surface area (Å²) < 4.78 is 5.21. The molecule has 0 aromatic carbocycles. The van der Waals surface area contributed by atoms with Gasteiger partial charge in [-0.1, -0.05) is 13.3 Å². The first-order chi connectivity index (χ1) is 4.95. The van der Waals surface area contributed by atoms with Gasteiger partial charge in [0.25, 0.3) is 5.97 Å². The molecule has 0 aliphatic rings. The van der Waals surface area contributed by atoms with Crippen LogP contribution in [-0.2, 0) is 9.22 Å². The second-order valence-corrected chi connectivity index (χ2v) is 7.97. The Bertz CT molecular complexity index is 127. The first-order valence-corrected chi connectivity index (χ1v) is 7.37.